The van der Waals surface area contributed by atoms with Crippen LogP contribution in [0.4, 0.5) is 0 Å². The zero-order valence-electron chi connectivity index (χ0n) is 16.2. The predicted molar refractivity (Wildman–Crippen MR) is 109 cm³/mol. The van der Waals surface area contributed by atoms with Gasteiger partial charge in [0.25, 0.3) is 0 Å². The van der Waals surface area contributed by atoms with Crippen molar-refractivity contribution in [3.8, 4) is 0 Å². The van der Waals surface area contributed by atoms with E-state index in [0.29, 0.717) is 11.6 Å². The molecule has 4 nitrogen and oxygen atoms in total. The molecule has 28 heavy (non-hydrogen) atoms. The van der Waals surface area contributed by atoms with Gasteiger partial charge in [-0.1, -0.05) is 48.5 Å². The lowest BCUT2D eigenvalue weighted by molar-refractivity contribution is -0.928. The Kier molecular flexibility index (Phi) is 6.20. The van der Waals surface area contributed by atoms with Crippen LogP contribution in [0.3, 0.4) is 0 Å². The van der Waals surface area contributed by atoms with Gasteiger partial charge in [0, 0.05) is 17.6 Å². The topological polar surface area (TPSA) is 40.0 Å². The maximum Gasteiger partial charge on any atom is 0.343 e. The number of ether oxygens (including phenoxy) is 2. The Labute approximate surface area is 166 Å². The highest BCUT2D eigenvalue weighted by molar-refractivity contribution is 5.93. The molecule has 2 aromatic rings. The third-order valence-corrected chi connectivity index (χ3v) is 5.77. The van der Waals surface area contributed by atoms with E-state index in [0.717, 1.165) is 56.9 Å². The van der Waals surface area contributed by atoms with Crippen LogP contribution in [0, 0.1) is 0 Å². The average molecular weight is 378 g/mol. The van der Waals surface area contributed by atoms with Gasteiger partial charge in [0.15, 0.2) is 0 Å². The normalized spacial score (nSPS) is 22.5. The Balaban J connectivity index is 1.71. The molecule has 1 aliphatic carbocycles. The molecule has 0 bridgehead atoms. The molecule has 0 radical (unpaired) electrons. The van der Waals surface area contributed by atoms with Gasteiger partial charge in [-0.05, 0) is 31.4 Å². The number of carbonyl (C=O) groups excluding carboxylic acids is 1. The van der Waals surface area contributed by atoms with Crippen molar-refractivity contribution in [1.82, 2.24) is 0 Å². The number of benzene rings is 2. The number of hydrogen-bond acceptors (Lipinski definition) is 3. The summed E-state index contributed by atoms with van der Waals surface area (Å²) in [6.45, 7) is 3.65. The molecule has 0 amide bonds. The van der Waals surface area contributed by atoms with Crippen LogP contribution < -0.4 is 4.90 Å². The standard InChI is InChI=1S/C24H27NO3/c26-24(20-11-5-2-6-12-20)28-23(19-9-3-1-4-10-19)21-13-7-8-14-22(21)25-15-17-27-18-16-25/h1-6,9-12,22H,7-8,13-18H2/p+1/t22-/m1/s1. The molecule has 0 spiro atoms. The molecular weight excluding hydrogens is 350 g/mol. The van der Waals surface area contributed by atoms with E-state index in [1.54, 1.807) is 17.0 Å². The molecule has 146 valence electrons. The molecule has 1 saturated heterocycles. The highest BCUT2D eigenvalue weighted by atomic mass is 16.5. The zero-order valence-corrected chi connectivity index (χ0v) is 16.2. The van der Waals surface area contributed by atoms with Gasteiger partial charge in [-0.25, -0.2) is 4.79 Å². The van der Waals surface area contributed by atoms with Gasteiger partial charge in [-0.2, -0.15) is 0 Å². The zero-order chi connectivity index (χ0) is 19.2. The van der Waals surface area contributed by atoms with Crippen LogP contribution in [0.1, 0.15) is 41.6 Å². The van der Waals surface area contributed by atoms with Crippen molar-refractivity contribution < 1.29 is 19.2 Å². The van der Waals surface area contributed by atoms with E-state index in [4.69, 9.17) is 9.47 Å². The van der Waals surface area contributed by atoms with Gasteiger partial charge in [0.2, 0.25) is 0 Å². The van der Waals surface area contributed by atoms with Crippen molar-refractivity contribution in [2.24, 2.45) is 0 Å². The van der Waals surface area contributed by atoms with E-state index in [9.17, 15) is 4.79 Å². The van der Waals surface area contributed by atoms with Crippen molar-refractivity contribution >= 4 is 11.7 Å². The lowest BCUT2D eigenvalue weighted by Crippen LogP contribution is -3.18. The lowest BCUT2D eigenvalue weighted by atomic mass is 9.86. The second-order valence-electron chi connectivity index (χ2n) is 7.54. The van der Waals surface area contributed by atoms with Crippen LogP contribution >= 0.6 is 0 Å². The van der Waals surface area contributed by atoms with Gasteiger partial charge in [0.05, 0.1) is 18.8 Å². The summed E-state index contributed by atoms with van der Waals surface area (Å²) in [5.41, 5.74) is 2.86. The number of carbonyl (C=O) groups is 1. The summed E-state index contributed by atoms with van der Waals surface area (Å²) in [6.07, 6.45) is 4.51. The maximum atomic E-state index is 12.9. The predicted octanol–water partition coefficient (Wildman–Crippen LogP) is 3.11. The Hall–Kier alpha value is -2.43. The first kappa shape index (κ1) is 18.9. The molecule has 1 saturated carbocycles. The maximum absolute atomic E-state index is 12.9. The van der Waals surface area contributed by atoms with Crippen molar-refractivity contribution in [1.29, 1.82) is 0 Å². The molecule has 4 heteroatoms. The van der Waals surface area contributed by atoms with Gasteiger partial charge in [0.1, 0.15) is 24.9 Å². The molecule has 0 unspecified atom stereocenters. The molecular formula is C24H28NO3+. The summed E-state index contributed by atoms with van der Waals surface area (Å²) < 4.78 is 11.7. The van der Waals surface area contributed by atoms with E-state index in [1.807, 2.05) is 48.5 Å². The number of rotatable bonds is 4. The highest BCUT2D eigenvalue weighted by Gasteiger charge is 2.33. The van der Waals surface area contributed by atoms with E-state index < -0.39 is 0 Å². The fourth-order valence-electron chi connectivity index (χ4n) is 4.34. The molecule has 1 heterocycles. The quantitative estimate of drug-likeness (QED) is 0.656. The number of morpholine rings is 1. The van der Waals surface area contributed by atoms with Gasteiger partial charge >= 0.3 is 5.97 Å². The molecule has 1 N–H and O–H groups in total. The Morgan fingerprint density at radius 2 is 1.54 bits per heavy atom. The summed E-state index contributed by atoms with van der Waals surface area (Å²) in [6, 6.07) is 19.8. The Bertz CT molecular complexity index is 810. The molecule has 2 aliphatic rings. The van der Waals surface area contributed by atoms with Crippen LogP contribution in [-0.4, -0.2) is 38.3 Å². The molecule has 2 fully saturated rings. The summed E-state index contributed by atoms with van der Waals surface area (Å²) in [5.74, 6) is 0.478. The minimum absolute atomic E-state index is 0.284. The third-order valence-electron chi connectivity index (χ3n) is 5.77. The average Bonchev–Trinajstić information content (AvgIpc) is 2.79. The SMILES string of the molecule is O=C(OC(=C1CCCC[C@H]1[NH+]1CCOCC1)c1ccccc1)c1ccccc1. The van der Waals surface area contributed by atoms with Crippen LogP contribution in [0.25, 0.3) is 5.76 Å². The van der Waals surface area contributed by atoms with E-state index in [1.165, 1.54) is 12.0 Å². The van der Waals surface area contributed by atoms with Crippen LogP contribution in [-0.2, 0) is 9.47 Å². The summed E-state index contributed by atoms with van der Waals surface area (Å²) >= 11 is 0. The van der Waals surface area contributed by atoms with Crippen molar-refractivity contribution in [2.75, 3.05) is 26.3 Å². The number of esters is 1. The number of hydrogen-bond donors (Lipinski definition) is 1. The van der Waals surface area contributed by atoms with Crippen LogP contribution in [0.5, 0.6) is 0 Å². The molecule has 2 aromatic carbocycles. The monoisotopic (exact) mass is 378 g/mol. The minimum Gasteiger partial charge on any atom is -0.422 e. The fourth-order valence-corrected chi connectivity index (χ4v) is 4.34. The first-order valence-corrected chi connectivity index (χ1v) is 10.3. The summed E-state index contributed by atoms with van der Waals surface area (Å²) in [4.78, 5) is 14.4. The van der Waals surface area contributed by atoms with Crippen LogP contribution in [0.2, 0.25) is 0 Å². The number of nitrogens with one attached hydrogen (secondary N) is 1. The van der Waals surface area contributed by atoms with Crippen LogP contribution in [0.15, 0.2) is 66.2 Å². The molecule has 1 atom stereocenters. The largest absolute Gasteiger partial charge is 0.422 e. The smallest absolute Gasteiger partial charge is 0.343 e. The number of quaternary nitrogens is 1. The van der Waals surface area contributed by atoms with Crippen molar-refractivity contribution in [3.05, 3.63) is 77.4 Å². The second-order valence-corrected chi connectivity index (χ2v) is 7.54. The third kappa shape index (κ3) is 4.34. The van der Waals surface area contributed by atoms with Gasteiger partial charge < -0.3 is 14.4 Å². The van der Waals surface area contributed by atoms with Gasteiger partial charge in [-0.15, -0.1) is 0 Å². The van der Waals surface area contributed by atoms with Crippen molar-refractivity contribution in [3.63, 3.8) is 0 Å². The Morgan fingerprint density at radius 3 is 2.21 bits per heavy atom. The van der Waals surface area contributed by atoms with Crippen molar-refractivity contribution in [2.45, 2.75) is 31.7 Å². The summed E-state index contributed by atoms with van der Waals surface area (Å²) in [5, 5.41) is 0. The summed E-state index contributed by atoms with van der Waals surface area (Å²) in [7, 11) is 0. The van der Waals surface area contributed by atoms with E-state index >= 15 is 0 Å². The Morgan fingerprint density at radius 1 is 0.893 bits per heavy atom. The fraction of sp³-hybridized carbons (Fsp3) is 0.375. The second kappa shape index (κ2) is 9.18. The lowest BCUT2D eigenvalue weighted by Gasteiger charge is -2.36. The van der Waals surface area contributed by atoms with E-state index in [2.05, 4.69) is 0 Å². The molecule has 1 aliphatic heterocycles. The molecule has 4 rings (SSSR count). The highest BCUT2D eigenvalue weighted by Crippen LogP contribution is 2.31. The first-order chi connectivity index (χ1) is 13.8. The minimum atomic E-state index is -0.284. The van der Waals surface area contributed by atoms with E-state index in [-0.39, 0.29) is 5.97 Å². The molecule has 0 aromatic heterocycles. The van der Waals surface area contributed by atoms with Gasteiger partial charge in [-0.3, -0.25) is 0 Å². The first-order valence-electron chi connectivity index (χ1n) is 10.3.